The van der Waals surface area contributed by atoms with Gasteiger partial charge in [-0.2, -0.15) is 18.3 Å². The van der Waals surface area contributed by atoms with E-state index in [1.807, 2.05) is 0 Å². The van der Waals surface area contributed by atoms with Crippen molar-refractivity contribution >= 4 is 40.7 Å². The van der Waals surface area contributed by atoms with Crippen LogP contribution in [-0.4, -0.2) is 27.6 Å². The maximum absolute atomic E-state index is 12.9. The summed E-state index contributed by atoms with van der Waals surface area (Å²) < 4.78 is 38.6. The second-order valence-electron chi connectivity index (χ2n) is 5.85. The van der Waals surface area contributed by atoms with Crippen molar-refractivity contribution in [2.45, 2.75) is 17.8 Å². The first-order chi connectivity index (χ1) is 13.2. The summed E-state index contributed by atoms with van der Waals surface area (Å²) in [6.07, 6.45) is -3.02. The van der Waals surface area contributed by atoms with Gasteiger partial charge in [-0.25, -0.2) is 0 Å². The van der Waals surface area contributed by atoms with Gasteiger partial charge in [0.1, 0.15) is 5.75 Å². The van der Waals surface area contributed by atoms with E-state index in [2.05, 4.69) is 15.5 Å². The van der Waals surface area contributed by atoms with Crippen molar-refractivity contribution < 1.29 is 23.1 Å². The summed E-state index contributed by atoms with van der Waals surface area (Å²) in [5, 5.41) is 19.3. The van der Waals surface area contributed by atoms with E-state index in [9.17, 15) is 23.1 Å². The number of benzene rings is 2. The Labute approximate surface area is 167 Å². The second kappa shape index (κ2) is 8.24. The number of thioether (sulfide) groups is 1. The van der Waals surface area contributed by atoms with Crippen molar-refractivity contribution in [3.8, 4) is 5.75 Å². The number of nitrogens with zero attached hydrogens (tertiary/aromatic N) is 2. The van der Waals surface area contributed by atoms with Crippen molar-refractivity contribution in [2.24, 2.45) is 10.2 Å². The molecule has 0 unspecified atom stereocenters. The zero-order valence-electron chi connectivity index (χ0n) is 14.1. The van der Waals surface area contributed by atoms with E-state index in [4.69, 9.17) is 11.6 Å². The van der Waals surface area contributed by atoms with Crippen molar-refractivity contribution in [3.05, 3.63) is 64.2 Å². The highest BCUT2D eigenvalue weighted by Crippen LogP contribution is 2.33. The first-order valence-electron chi connectivity index (χ1n) is 7.95. The number of halogens is 4. The molecule has 1 fully saturated rings. The highest BCUT2D eigenvalue weighted by Gasteiger charge is 2.34. The van der Waals surface area contributed by atoms with Crippen LogP contribution in [0.5, 0.6) is 5.75 Å². The molecule has 1 heterocycles. The van der Waals surface area contributed by atoms with Crippen LogP contribution in [0.15, 0.2) is 52.7 Å². The van der Waals surface area contributed by atoms with Crippen LogP contribution in [0.4, 0.5) is 13.2 Å². The van der Waals surface area contributed by atoms with Gasteiger partial charge in [-0.3, -0.25) is 4.79 Å². The maximum atomic E-state index is 12.9. The van der Waals surface area contributed by atoms with Gasteiger partial charge in [0.25, 0.3) is 0 Å². The van der Waals surface area contributed by atoms with E-state index >= 15 is 0 Å². The van der Waals surface area contributed by atoms with Crippen molar-refractivity contribution in [3.63, 3.8) is 0 Å². The van der Waals surface area contributed by atoms with Crippen molar-refractivity contribution in [1.29, 1.82) is 0 Å². The number of aromatic hydroxyl groups is 1. The van der Waals surface area contributed by atoms with E-state index in [1.165, 1.54) is 24.4 Å². The number of rotatable bonds is 4. The SMILES string of the molecule is O=C1N/C(=N/N=C/c2ccc(O)cc2)S[C@H]1Cc1cc(C(F)(F)F)ccc1Cl. The summed E-state index contributed by atoms with van der Waals surface area (Å²) in [5.41, 5.74) is 0.115. The largest absolute Gasteiger partial charge is 0.508 e. The van der Waals surface area contributed by atoms with Crippen LogP contribution in [-0.2, 0) is 17.4 Å². The number of phenols is 1. The van der Waals surface area contributed by atoms with Crippen LogP contribution in [0.25, 0.3) is 0 Å². The molecule has 10 heteroatoms. The minimum absolute atomic E-state index is 0.0277. The molecule has 1 aliphatic rings. The summed E-state index contributed by atoms with van der Waals surface area (Å²) in [6.45, 7) is 0. The van der Waals surface area contributed by atoms with Crippen LogP contribution in [0, 0.1) is 0 Å². The van der Waals surface area contributed by atoms with Crippen molar-refractivity contribution in [2.75, 3.05) is 0 Å². The lowest BCUT2D eigenvalue weighted by Crippen LogP contribution is -2.26. The van der Waals surface area contributed by atoms with Crippen LogP contribution < -0.4 is 5.32 Å². The molecule has 1 saturated heterocycles. The van der Waals surface area contributed by atoms with Gasteiger partial charge in [0.2, 0.25) is 5.91 Å². The Morgan fingerprint density at radius 1 is 1.21 bits per heavy atom. The van der Waals surface area contributed by atoms with Crippen LogP contribution >= 0.6 is 23.4 Å². The molecule has 2 aromatic rings. The normalized spacial score (nSPS) is 18.8. The number of amidine groups is 1. The standard InChI is InChI=1S/C18H13ClF3N3O2S/c19-14-6-3-12(18(20,21)22)7-11(14)8-15-16(27)24-17(28-15)25-23-9-10-1-4-13(26)5-2-10/h1-7,9,15,26H,8H2,(H,24,25,27)/b23-9+/t15-/m0/s1. The summed E-state index contributed by atoms with van der Waals surface area (Å²) in [7, 11) is 0. The predicted molar refractivity (Wildman–Crippen MR) is 103 cm³/mol. The first kappa shape index (κ1) is 20.2. The monoisotopic (exact) mass is 427 g/mol. The summed E-state index contributed by atoms with van der Waals surface area (Å²) in [4.78, 5) is 12.1. The summed E-state index contributed by atoms with van der Waals surface area (Å²) in [5.74, 6) is -0.254. The molecule has 1 aliphatic heterocycles. The number of phenolic OH excluding ortho intramolecular Hbond substituents is 1. The fourth-order valence-corrected chi connectivity index (χ4v) is 3.55. The lowest BCUT2D eigenvalue weighted by molar-refractivity contribution is -0.137. The Morgan fingerprint density at radius 2 is 1.93 bits per heavy atom. The van der Waals surface area contributed by atoms with E-state index in [0.29, 0.717) is 5.56 Å². The van der Waals surface area contributed by atoms with E-state index in [-0.39, 0.29) is 33.8 Å². The van der Waals surface area contributed by atoms with Gasteiger partial charge in [-0.05, 0) is 60.0 Å². The number of carbonyl (C=O) groups is 1. The van der Waals surface area contributed by atoms with Crippen molar-refractivity contribution in [1.82, 2.24) is 5.32 Å². The molecule has 0 aliphatic carbocycles. The molecule has 1 atom stereocenters. The van der Waals surface area contributed by atoms with E-state index in [1.54, 1.807) is 12.1 Å². The molecule has 0 spiro atoms. The van der Waals surface area contributed by atoms with Gasteiger partial charge in [0.05, 0.1) is 17.0 Å². The number of alkyl halides is 3. The molecule has 28 heavy (non-hydrogen) atoms. The number of amides is 1. The highest BCUT2D eigenvalue weighted by atomic mass is 35.5. The third kappa shape index (κ3) is 5.05. The molecule has 0 radical (unpaired) electrons. The average molecular weight is 428 g/mol. The van der Waals surface area contributed by atoms with E-state index < -0.39 is 17.0 Å². The lowest BCUT2D eigenvalue weighted by Gasteiger charge is -2.12. The van der Waals surface area contributed by atoms with Crippen LogP contribution in [0.3, 0.4) is 0 Å². The zero-order valence-corrected chi connectivity index (χ0v) is 15.6. The third-order valence-electron chi connectivity index (χ3n) is 3.80. The Kier molecular flexibility index (Phi) is 5.95. The molecule has 146 valence electrons. The van der Waals surface area contributed by atoms with E-state index in [0.717, 1.165) is 23.9 Å². The topological polar surface area (TPSA) is 74.0 Å². The molecule has 0 saturated carbocycles. The van der Waals surface area contributed by atoms with Crippen LogP contribution in [0.1, 0.15) is 16.7 Å². The van der Waals surface area contributed by atoms with Gasteiger partial charge in [-0.1, -0.05) is 23.4 Å². The number of hydrogen-bond acceptors (Lipinski definition) is 5. The minimum Gasteiger partial charge on any atom is -0.508 e. The molecule has 2 aromatic carbocycles. The van der Waals surface area contributed by atoms with Gasteiger partial charge in [-0.15, -0.1) is 5.10 Å². The Balaban J connectivity index is 1.69. The highest BCUT2D eigenvalue weighted by molar-refractivity contribution is 8.15. The minimum atomic E-state index is -4.49. The second-order valence-corrected chi connectivity index (χ2v) is 7.44. The molecule has 3 rings (SSSR count). The average Bonchev–Trinajstić information content (AvgIpc) is 2.97. The summed E-state index contributed by atoms with van der Waals surface area (Å²) >= 11 is 7.06. The van der Waals surface area contributed by atoms with Gasteiger partial charge < -0.3 is 10.4 Å². The van der Waals surface area contributed by atoms with Gasteiger partial charge >= 0.3 is 6.18 Å². The molecule has 1 amide bonds. The fraction of sp³-hybridized carbons (Fsp3) is 0.167. The fourth-order valence-electron chi connectivity index (χ4n) is 2.40. The number of carbonyl (C=O) groups excluding carboxylic acids is 1. The molecule has 2 N–H and O–H groups in total. The molecular weight excluding hydrogens is 415 g/mol. The summed E-state index contributed by atoms with van der Waals surface area (Å²) in [6, 6.07) is 9.29. The number of nitrogens with one attached hydrogen (secondary N) is 1. The van der Waals surface area contributed by atoms with Gasteiger partial charge in [0, 0.05) is 5.02 Å². The molecule has 5 nitrogen and oxygen atoms in total. The number of hydrogen-bond donors (Lipinski definition) is 2. The van der Waals surface area contributed by atoms with Crippen LogP contribution in [0.2, 0.25) is 5.02 Å². The maximum Gasteiger partial charge on any atom is 0.416 e. The Bertz CT molecular complexity index is 946. The first-order valence-corrected chi connectivity index (χ1v) is 9.21. The third-order valence-corrected chi connectivity index (χ3v) is 5.24. The Hall–Kier alpha value is -2.52. The molecule has 0 aromatic heterocycles. The lowest BCUT2D eigenvalue weighted by atomic mass is 10.1. The zero-order chi connectivity index (χ0) is 20.3. The smallest absolute Gasteiger partial charge is 0.416 e. The quantitative estimate of drug-likeness (QED) is 0.566. The molecular formula is C18H13ClF3N3O2S. The predicted octanol–water partition coefficient (Wildman–Crippen LogP) is 4.23. The Morgan fingerprint density at radius 3 is 2.61 bits per heavy atom. The van der Waals surface area contributed by atoms with Gasteiger partial charge in [0.15, 0.2) is 5.17 Å². The molecule has 0 bridgehead atoms.